The molecule has 1 N–H and O–H groups in total. The number of pyridine rings is 1. The van der Waals surface area contributed by atoms with Gasteiger partial charge >= 0.3 is 6.09 Å². The van der Waals surface area contributed by atoms with E-state index in [0.29, 0.717) is 13.2 Å². The van der Waals surface area contributed by atoms with Crippen LogP contribution in [0, 0.1) is 0 Å². The molecule has 1 unspecified atom stereocenters. The van der Waals surface area contributed by atoms with Crippen molar-refractivity contribution >= 4 is 17.4 Å². The summed E-state index contributed by atoms with van der Waals surface area (Å²) in [7, 11) is 0. The fourth-order valence-electron chi connectivity index (χ4n) is 2.73. The van der Waals surface area contributed by atoms with Crippen LogP contribution >= 0.6 is 11.3 Å². The smallest absolute Gasteiger partial charge is 0.407 e. The Hall–Kier alpha value is -1.92. The number of hydrogen-bond donors (Lipinski definition) is 1. The van der Waals surface area contributed by atoms with Crippen LogP contribution in [0.3, 0.4) is 0 Å². The third-order valence-corrected chi connectivity index (χ3v) is 4.75. The zero-order valence-corrected chi connectivity index (χ0v) is 15.0. The molecular formula is C18H22N2O3S. The maximum atomic E-state index is 11.9. The topological polar surface area (TPSA) is 60.5 Å². The molecule has 1 amide bonds. The van der Waals surface area contributed by atoms with Crippen LogP contribution in [0.25, 0.3) is 11.1 Å². The highest BCUT2D eigenvalue weighted by Crippen LogP contribution is 2.39. The van der Waals surface area contributed by atoms with Gasteiger partial charge in [0.15, 0.2) is 0 Å². The minimum Gasteiger partial charge on any atom is -0.444 e. The molecule has 2 aromatic rings. The van der Waals surface area contributed by atoms with Crippen molar-refractivity contribution in [1.29, 1.82) is 0 Å². The number of carbonyl (C=O) groups excluding carboxylic acids is 1. The van der Waals surface area contributed by atoms with Crippen molar-refractivity contribution in [2.75, 3.05) is 13.2 Å². The summed E-state index contributed by atoms with van der Waals surface area (Å²) in [5.41, 5.74) is 2.86. The predicted octanol–water partition coefficient (Wildman–Crippen LogP) is 3.95. The van der Waals surface area contributed by atoms with Crippen molar-refractivity contribution in [3.05, 3.63) is 40.3 Å². The fourth-order valence-corrected chi connectivity index (χ4v) is 3.82. The Morgan fingerprint density at radius 3 is 3.04 bits per heavy atom. The van der Waals surface area contributed by atoms with Crippen LogP contribution in [-0.2, 0) is 15.9 Å². The van der Waals surface area contributed by atoms with Gasteiger partial charge in [-0.3, -0.25) is 4.98 Å². The van der Waals surface area contributed by atoms with Gasteiger partial charge in [0, 0.05) is 40.4 Å². The van der Waals surface area contributed by atoms with E-state index < -0.39 is 11.7 Å². The average Bonchev–Trinajstić information content (AvgIpc) is 2.97. The minimum absolute atomic E-state index is 0.164. The van der Waals surface area contributed by atoms with Gasteiger partial charge in [-0.05, 0) is 32.2 Å². The zero-order valence-electron chi connectivity index (χ0n) is 14.2. The number of hydrogen-bond acceptors (Lipinski definition) is 5. The summed E-state index contributed by atoms with van der Waals surface area (Å²) in [5.74, 6) is 0. The first-order valence-corrected chi connectivity index (χ1v) is 8.91. The Morgan fingerprint density at radius 2 is 2.33 bits per heavy atom. The number of carbonyl (C=O) groups is 1. The molecule has 1 atom stereocenters. The maximum Gasteiger partial charge on any atom is 0.407 e. The van der Waals surface area contributed by atoms with Crippen molar-refractivity contribution in [1.82, 2.24) is 10.3 Å². The second-order valence-corrected chi connectivity index (χ2v) is 7.68. The van der Waals surface area contributed by atoms with Crippen LogP contribution in [0.5, 0.6) is 0 Å². The summed E-state index contributed by atoms with van der Waals surface area (Å²) in [5, 5.41) is 4.97. The molecule has 6 heteroatoms. The van der Waals surface area contributed by atoms with Gasteiger partial charge in [0.2, 0.25) is 0 Å². The fraction of sp³-hybridized carbons (Fsp3) is 0.444. The maximum absolute atomic E-state index is 11.9. The number of ether oxygens (including phenoxy) is 2. The van der Waals surface area contributed by atoms with E-state index in [1.165, 1.54) is 4.88 Å². The van der Waals surface area contributed by atoms with Crippen LogP contribution in [0.4, 0.5) is 4.79 Å². The standard InChI is InChI=1S/C18H22N2O3S/c1-18(2,3)23-17(21)20-10-14-16-13(12-5-4-7-19-9-12)11-24-15(16)6-8-22-14/h4-5,7,9,11,14H,6,8,10H2,1-3H3,(H,20,21). The van der Waals surface area contributed by atoms with E-state index >= 15 is 0 Å². The molecule has 0 aromatic carbocycles. The normalized spacial score (nSPS) is 17.2. The van der Waals surface area contributed by atoms with Crippen molar-refractivity contribution in [3.8, 4) is 11.1 Å². The van der Waals surface area contributed by atoms with Gasteiger partial charge in [-0.2, -0.15) is 0 Å². The number of alkyl carbamates (subject to hydrolysis) is 1. The van der Waals surface area contributed by atoms with E-state index in [1.807, 2.05) is 39.1 Å². The lowest BCUT2D eigenvalue weighted by molar-refractivity contribution is 0.0298. The Morgan fingerprint density at radius 1 is 1.50 bits per heavy atom. The summed E-state index contributed by atoms with van der Waals surface area (Å²) in [6, 6.07) is 3.97. The molecule has 2 aromatic heterocycles. The molecule has 24 heavy (non-hydrogen) atoms. The molecule has 3 heterocycles. The average molecular weight is 346 g/mol. The molecule has 1 aliphatic heterocycles. The summed E-state index contributed by atoms with van der Waals surface area (Å²) < 4.78 is 11.2. The van der Waals surface area contributed by atoms with Gasteiger partial charge in [0.05, 0.1) is 13.2 Å². The molecule has 0 bridgehead atoms. The molecule has 3 rings (SSSR count). The Labute approximate surface area is 146 Å². The van der Waals surface area contributed by atoms with Crippen LogP contribution < -0.4 is 5.32 Å². The number of rotatable bonds is 3. The highest BCUT2D eigenvalue weighted by molar-refractivity contribution is 7.10. The summed E-state index contributed by atoms with van der Waals surface area (Å²) in [6.07, 6.45) is 3.94. The van der Waals surface area contributed by atoms with E-state index in [4.69, 9.17) is 9.47 Å². The van der Waals surface area contributed by atoms with Crippen LogP contribution in [0.2, 0.25) is 0 Å². The molecule has 0 fully saturated rings. The summed E-state index contributed by atoms with van der Waals surface area (Å²) >= 11 is 1.74. The molecular weight excluding hydrogens is 324 g/mol. The Bertz CT molecular complexity index is 707. The lowest BCUT2D eigenvalue weighted by Gasteiger charge is -2.26. The number of thiophene rings is 1. The van der Waals surface area contributed by atoms with Gasteiger partial charge in [0.25, 0.3) is 0 Å². The lowest BCUT2D eigenvalue weighted by Crippen LogP contribution is -2.36. The SMILES string of the molecule is CC(C)(C)OC(=O)NCC1OCCc2scc(-c3cccnc3)c21. The quantitative estimate of drug-likeness (QED) is 0.914. The van der Waals surface area contributed by atoms with Gasteiger partial charge in [-0.1, -0.05) is 6.07 Å². The molecule has 0 radical (unpaired) electrons. The van der Waals surface area contributed by atoms with Gasteiger partial charge in [0.1, 0.15) is 11.7 Å². The summed E-state index contributed by atoms with van der Waals surface area (Å²) in [4.78, 5) is 17.4. The van der Waals surface area contributed by atoms with E-state index in [-0.39, 0.29) is 6.10 Å². The first-order valence-electron chi connectivity index (χ1n) is 8.03. The molecule has 1 aliphatic rings. The first kappa shape index (κ1) is 16.9. The third-order valence-electron chi connectivity index (χ3n) is 3.68. The van der Waals surface area contributed by atoms with Gasteiger partial charge in [-0.25, -0.2) is 4.79 Å². The predicted molar refractivity (Wildman–Crippen MR) is 94.2 cm³/mol. The van der Waals surface area contributed by atoms with E-state index in [0.717, 1.165) is 23.1 Å². The van der Waals surface area contributed by atoms with Crippen molar-refractivity contribution in [2.45, 2.75) is 38.9 Å². The Balaban J connectivity index is 1.77. The highest BCUT2D eigenvalue weighted by Gasteiger charge is 2.27. The number of fused-ring (bicyclic) bond motifs is 1. The van der Waals surface area contributed by atoms with E-state index in [2.05, 4.69) is 15.7 Å². The molecule has 128 valence electrons. The molecule has 5 nitrogen and oxygen atoms in total. The minimum atomic E-state index is -0.508. The molecule has 0 aliphatic carbocycles. The molecule has 0 saturated carbocycles. The highest BCUT2D eigenvalue weighted by atomic mass is 32.1. The van der Waals surface area contributed by atoms with Crippen molar-refractivity contribution in [3.63, 3.8) is 0 Å². The zero-order chi connectivity index (χ0) is 17.2. The van der Waals surface area contributed by atoms with Crippen LogP contribution in [-0.4, -0.2) is 29.8 Å². The van der Waals surface area contributed by atoms with E-state index in [1.54, 1.807) is 17.5 Å². The lowest BCUT2D eigenvalue weighted by atomic mass is 9.97. The summed E-state index contributed by atoms with van der Waals surface area (Å²) in [6.45, 7) is 6.61. The van der Waals surface area contributed by atoms with Gasteiger partial charge in [-0.15, -0.1) is 11.3 Å². The number of nitrogens with zero attached hydrogens (tertiary/aromatic N) is 1. The second kappa shape index (κ2) is 6.91. The van der Waals surface area contributed by atoms with E-state index in [9.17, 15) is 4.79 Å². The molecule has 0 saturated heterocycles. The largest absolute Gasteiger partial charge is 0.444 e. The first-order chi connectivity index (χ1) is 11.4. The van der Waals surface area contributed by atoms with Gasteiger partial charge < -0.3 is 14.8 Å². The van der Waals surface area contributed by atoms with Crippen molar-refractivity contribution in [2.24, 2.45) is 0 Å². The number of nitrogens with one attached hydrogen (secondary N) is 1. The number of amides is 1. The number of aromatic nitrogens is 1. The molecule has 0 spiro atoms. The monoisotopic (exact) mass is 346 g/mol. The third kappa shape index (κ3) is 3.94. The van der Waals surface area contributed by atoms with Crippen LogP contribution in [0.15, 0.2) is 29.9 Å². The second-order valence-electron chi connectivity index (χ2n) is 6.72. The Kier molecular flexibility index (Phi) is 4.87. The van der Waals surface area contributed by atoms with Crippen LogP contribution in [0.1, 0.15) is 37.3 Å². The van der Waals surface area contributed by atoms with Crippen molar-refractivity contribution < 1.29 is 14.3 Å².